The number of rotatable bonds is 6. The standard InChI is InChI=1S/C16H25N3O4S/c1-17(2)24(21,22)19-10-6-9-18(11-12-19)16(20)14-23-13-15-7-4-3-5-8-15/h3-5,7-8H,6,9-14H2,1-2H3. The predicted octanol–water partition coefficient (Wildman–Crippen LogP) is 0.544. The number of carbonyl (C=O) groups is 1. The van der Waals surface area contributed by atoms with Gasteiger partial charge in [0.15, 0.2) is 0 Å². The maximum absolute atomic E-state index is 12.3. The molecule has 1 aliphatic rings. The van der Waals surface area contributed by atoms with Crippen molar-refractivity contribution in [2.24, 2.45) is 0 Å². The fraction of sp³-hybridized carbons (Fsp3) is 0.562. The number of hydrogen-bond donors (Lipinski definition) is 0. The second kappa shape index (κ2) is 8.57. The highest BCUT2D eigenvalue weighted by Crippen LogP contribution is 2.10. The van der Waals surface area contributed by atoms with E-state index in [2.05, 4.69) is 0 Å². The number of nitrogens with zero attached hydrogens (tertiary/aromatic N) is 3. The van der Waals surface area contributed by atoms with Crippen LogP contribution in [0.1, 0.15) is 12.0 Å². The summed E-state index contributed by atoms with van der Waals surface area (Å²) in [6.45, 7) is 2.07. The summed E-state index contributed by atoms with van der Waals surface area (Å²) in [7, 11) is -0.399. The van der Waals surface area contributed by atoms with Gasteiger partial charge in [0.1, 0.15) is 6.61 Å². The SMILES string of the molecule is CN(C)S(=O)(=O)N1CCCN(C(=O)COCc2ccccc2)CC1. The lowest BCUT2D eigenvalue weighted by molar-refractivity contribution is -0.136. The summed E-state index contributed by atoms with van der Waals surface area (Å²) in [5, 5.41) is 0. The van der Waals surface area contributed by atoms with Crippen molar-refractivity contribution in [3.05, 3.63) is 35.9 Å². The molecular formula is C16H25N3O4S. The van der Waals surface area contributed by atoms with Gasteiger partial charge in [-0.3, -0.25) is 4.79 Å². The van der Waals surface area contributed by atoms with Crippen LogP contribution in [-0.2, 0) is 26.3 Å². The molecule has 1 aromatic carbocycles. The minimum absolute atomic E-state index is 0.00925. The lowest BCUT2D eigenvalue weighted by Gasteiger charge is -2.24. The number of amides is 1. The van der Waals surface area contributed by atoms with Crippen molar-refractivity contribution in [2.45, 2.75) is 13.0 Å². The van der Waals surface area contributed by atoms with Crippen LogP contribution in [0.15, 0.2) is 30.3 Å². The van der Waals surface area contributed by atoms with Gasteiger partial charge in [-0.1, -0.05) is 30.3 Å². The average Bonchev–Trinajstić information content (AvgIpc) is 2.82. The number of benzene rings is 1. The highest BCUT2D eigenvalue weighted by atomic mass is 32.2. The van der Waals surface area contributed by atoms with Crippen LogP contribution in [0.5, 0.6) is 0 Å². The highest BCUT2D eigenvalue weighted by molar-refractivity contribution is 7.86. The van der Waals surface area contributed by atoms with Gasteiger partial charge in [-0.05, 0) is 12.0 Å². The fourth-order valence-corrected chi connectivity index (χ4v) is 3.66. The molecule has 8 heteroatoms. The molecular weight excluding hydrogens is 330 g/mol. The third kappa shape index (κ3) is 5.01. The Bertz CT molecular complexity index is 634. The van der Waals surface area contributed by atoms with Crippen molar-refractivity contribution in [2.75, 3.05) is 46.9 Å². The normalized spacial score (nSPS) is 17.0. The Balaban J connectivity index is 1.81. The van der Waals surface area contributed by atoms with E-state index < -0.39 is 10.2 Å². The Morgan fingerprint density at radius 2 is 1.83 bits per heavy atom. The van der Waals surface area contributed by atoms with Crippen LogP contribution in [0.3, 0.4) is 0 Å². The lowest BCUT2D eigenvalue weighted by Crippen LogP contribution is -2.43. The van der Waals surface area contributed by atoms with Crippen molar-refractivity contribution < 1.29 is 17.9 Å². The molecule has 24 heavy (non-hydrogen) atoms. The first kappa shape index (κ1) is 18.9. The zero-order chi connectivity index (χ0) is 17.6. The molecule has 0 N–H and O–H groups in total. The topological polar surface area (TPSA) is 70.2 Å². The Morgan fingerprint density at radius 1 is 1.12 bits per heavy atom. The highest BCUT2D eigenvalue weighted by Gasteiger charge is 2.28. The second-order valence-corrected chi connectivity index (χ2v) is 8.04. The van der Waals surface area contributed by atoms with Crippen molar-refractivity contribution in [3.63, 3.8) is 0 Å². The van der Waals surface area contributed by atoms with E-state index in [0.717, 1.165) is 5.56 Å². The van der Waals surface area contributed by atoms with Gasteiger partial charge < -0.3 is 9.64 Å². The van der Waals surface area contributed by atoms with E-state index in [4.69, 9.17) is 4.74 Å². The molecule has 2 rings (SSSR count). The van der Waals surface area contributed by atoms with E-state index in [0.29, 0.717) is 39.2 Å². The molecule has 1 amide bonds. The van der Waals surface area contributed by atoms with Crippen LogP contribution < -0.4 is 0 Å². The van der Waals surface area contributed by atoms with Crippen LogP contribution >= 0.6 is 0 Å². The van der Waals surface area contributed by atoms with Gasteiger partial charge in [0.05, 0.1) is 6.61 Å². The molecule has 1 aliphatic heterocycles. The number of ether oxygens (including phenoxy) is 1. The molecule has 1 saturated heterocycles. The van der Waals surface area contributed by atoms with Gasteiger partial charge in [0.2, 0.25) is 5.91 Å². The predicted molar refractivity (Wildman–Crippen MR) is 91.5 cm³/mol. The minimum atomic E-state index is -3.43. The van der Waals surface area contributed by atoms with Crippen molar-refractivity contribution >= 4 is 16.1 Å². The average molecular weight is 355 g/mol. The maximum Gasteiger partial charge on any atom is 0.281 e. The summed E-state index contributed by atoms with van der Waals surface area (Å²) in [6.07, 6.45) is 0.623. The summed E-state index contributed by atoms with van der Waals surface area (Å²) in [4.78, 5) is 13.9. The Kier molecular flexibility index (Phi) is 6.73. The summed E-state index contributed by atoms with van der Waals surface area (Å²) in [5.41, 5.74) is 1.02. The first-order valence-electron chi connectivity index (χ1n) is 7.98. The Labute approximate surface area is 144 Å². The van der Waals surface area contributed by atoms with Crippen LogP contribution in [0.4, 0.5) is 0 Å². The molecule has 1 aromatic rings. The van der Waals surface area contributed by atoms with Crippen molar-refractivity contribution in [1.29, 1.82) is 0 Å². The summed E-state index contributed by atoms with van der Waals surface area (Å²) < 4.78 is 32.4. The number of carbonyl (C=O) groups excluding carboxylic acids is 1. The van der Waals surface area contributed by atoms with Gasteiger partial charge in [-0.25, -0.2) is 0 Å². The van der Waals surface area contributed by atoms with Gasteiger partial charge in [-0.2, -0.15) is 17.0 Å². The monoisotopic (exact) mass is 355 g/mol. The zero-order valence-corrected chi connectivity index (χ0v) is 15.0. The quantitative estimate of drug-likeness (QED) is 0.747. The van der Waals surface area contributed by atoms with E-state index in [1.165, 1.54) is 22.7 Å². The smallest absolute Gasteiger partial charge is 0.281 e. The first-order valence-corrected chi connectivity index (χ1v) is 9.38. The molecule has 0 aliphatic carbocycles. The van der Waals surface area contributed by atoms with Crippen molar-refractivity contribution in [1.82, 2.24) is 13.5 Å². The van der Waals surface area contributed by atoms with Gasteiger partial charge >= 0.3 is 0 Å². The molecule has 134 valence electrons. The second-order valence-electron chi connectivity index (χ2n) is 5.90. The van der Waals surface area contributed by atoms with Gasteiger partial charge in [0, 0.05) is 40.3 Å². The van der Waals surface area contributed by atoms with Crippen LogP contribution in [-0.4, -0.2) is 74.7 Å². The molecule has 0 atom stereocenters. The van der Waals surface area contributed by atoms with Gasteiger partial charge in [0.25, 0.3) is 10.2 Å². The maximum atomic E-state index is 12.3. The molecule has 0 aromatic heterocycles. The summed E-state index contributed by atoms with van der Waals surface area (Å²) in [6, 6.07) is 9.67. The van der Waals surface area contributed by atoms with Crippen molar-refractivity contribution in [3.8, 4) is 0 Å². The van der Waals surface area contributed by atoms with E-state index in [1.54, 1.807) is 4.90 Å². The van der Waals surface area contributed by atoms with E-state index in [1.807, 2.05) is 30.3 Å². The van der Waals surface area contributed by atoms with Crippen LogP contribution in [0.25, 0.3) is 0 Å². The third-order valence-electron chi connectivity index (χ3n) is 3.93. The minimum Gasteiger partial charge on any atom is -0.367 e. The fourth-order valence-electron chi connectivity index (χ4n) is 2.53. The lowest BCUT2D eigenvalue weighted by atomic mass is 10.2. The summed E-state index contributed by atoms with van der Waals surface area (Å²) in [5.74, 6) is -0.102. The molecule has 7 nitrogen and oxygen atoms in total. The van der Waals surface area contributed by atoms with E-state index >= 15 is 0 Å². The molecule has 0 spiro atoms. The molecule has 1 heterocycles. The zero-order valence-electron chi connectivity index (χ0n) is 14.2. The third-order valence-corrected chi connectivity index (χ3v) is 5.87. The van der Waals surface area contributed by atoms with E-state index in [-0.39, 0.29) is 12.5 Å². The Hall–Kier alpha value is -1.48. The van der Waals surface area contributed by atoms with Gasteiger partial charge in [-0.15, -0.1) is 0 Å². The molecule has 0 radical (unpaired) electrons. The number of hydrogen-bond acceptors (Lipinski definition) is 4. The Morgan fingerprint density at radius 3 is 2.50 bits per heavy atom. The summed E-state index contributed by atoms with van der Waals surface area (Å²) >= 11 is 0. The molecule has 0 unspecified atom stereocenters. The van der Waals surface area contributed by atoms with E-state index in [9.17, 15) is 13.2 Å². The largest absolute Gasteiger partial charge is 0.367 e. The van der Waals surface area contributed by atoms with Crippen LogP contribution in [0, 0.1) is 0 Å². The van der Waals surface area contributed by atoms with Crippen LogP contribution in [0.2, 0.25) is 0 Å². The first-order chi connectivity index (χ1) is 11.4. The molecule has 0 bridgehead atoms. The molecule has 0 saturated carbocycles. The molecule has 1 fully saturated rings.